The lowest BCUT2D eigenvalue weighted by Gasteiger charge is -2.33. The summed E-state index contributed by atoms with van der Waals surface area (Å²) in [5.74, 6) is 0.703. The van der Waals surface area contributed by atoms with Crippen LogP contribution in [0.3, 0.4) is 0 Å². The van der Waals surface area contributed by atoms with E-state index in [2.05, 4.69) is 15.3 Å². The first kappa shape index (κ1) is 16.4. The number of amides is 2. The van der Waals surface area contributed by atoms with Crippen LogP contribution in [0.1, 0.15) is 24.6 Å². The van der Waals surface area contributed by atoms with Crippen molar-refractivity contribution in [2.45, 2.75) is 25.4 Å². The average molecular weight is 356 g/mol. The van der Waals surface area contributed by atoms with Crippen LogP contribution in [0.15, 0.2) is 40.1 Å². The van der Waals surface area contributed by atoms with E-state index in [0.717, 1.165) is 12.8 Å². The number of hydrogen-bond donors (Lipinski definition) is 1. The van der Waals surface area contributed by atoms with Crippen molar-refractivity contribution in [1.29, 1.82) is 0 Å². The third-order valence-corrected chi connectivity index (χ3v) is 4.80. The highest BCUT2D eigenvalue weighted by Crippen LogP contribution is 2.23. The van der Waals surface area contributed by atoms with Crippen molar-refractivity contribution < 1.29 is 9.21 Å². The molecule has 1 fully saturated rings. The number of furan rings is 1. The van der Waals surface area contributed by atoms with Crippen LogP contribution in [0.5, 0.6) is 0 Å². The van der Waals surface area contributed by atoms with E-state index in [0.29, 0.717) is 36.6 Å². The van der Waals surface area contributed by atoms with E-state index in [-0.39, 0.29) is 17.8 Å². The second kappa shape index (κ2) is 6.66. The molecule has 2 amide bonds. The van der Waals surface area contributed by atoms with Gasteiger partial charge in [-0.25, -0.2) is 19.6 Å². The Morgan fingerprint density at radius 1 is 1.46 bits per heavy atom. The van der Waals surface area contributed by atoms with Crippen LogP contribution >= 0.6 is 0 Å². The second-order valence-electron chi connectivity index (χ2n) is 6.42. The third-order valence-electron chi connectivity index (χ3n) is 4.80. The molecule has 0 saturated carbocycles. The Morgan fingerprint density at radius 2 is 2.35 bits per heavy atom. The lowest BCUT2D eigenvalue weighted by Crippen LogP contribution is -2.47. The van der Waals surface area contributed by atoms with Crippen molar-refractivity contribution in [2.75, 3.05) is 13.1 Å². The molecule has 0 radical (unpaired) electrons. The highest BCUT2D eigenvalue weighted by Gasteiger charge is 2.28. The molecule has 1 atom stereocenters. The fraction of sp³-hybridized carbons (Fsp3) is 0.412. The van der Waals surface area contributed by atoms with Crippen molar-refractivity contribution in [2.24, 2.45) is 7.05 Å². The number of urea groups is 1. The van der Waals surface area contributed by atoms with Crippen LogP contribution < -0.4 is 11.0 Å². The number of nitrogens with one attached hydrogen (secondary N) is 1. The summed E-state index contributed by atoms with van der Waals surface area (Å²) in [5.41, 5.74) is 1.16. The Kier molecular flexibility index (Phi) is 4.19. The Labute approximate surface area is 149 Å². The van der Waals surface area contributed by atoms with E-state index in [1.165, 1.54) is 6.33 Å². The smallest absolute Gasteiger partial charge is 0.330 e. The van der Waals surface area contributed by atoms with Crippen molar-refractivity contribution in [3.8, 4) is 0 Å². The Morgan fingerprint density at radius 3 is 3.15 bits per heavy atom. The SMILES string of the molecule is Cn1c(=O)n(C2CCCN(C(=O)NCc3ccco3)C2)c2ncncc21. The second-order valence-corrected chi connectivity index (χ2v) is 6.42. The van der Waals surface area contributed by atoms with Gasteiger partial charge in [0.25, 0.3) is 0 Å². The number of hydrogen-bond acceptors (Lipinski definition) is 5. The molecule has 1 aliphatic heterocycles. The number of imidazole rings is 1. The minimum absolute atomic E-state index is 0.107. The molecule has 1 N–H and O–H groups in total. The first-order chi connectivity index (χ1) is 12.6. The lowest BCUT2D eigenvalue weighted by atomic mass is 10.1. The molecule has 1 saturated heterocycles. The summed E-state index contributed by atoms with van der Waals surface area (Å²) in [4.78, 5) is 35.2. The molecular weight excluding hydrogens is 336 g/mol. The molecule has 3 aromatic heterocycles. The molecule has 136 valence electrons. The highest BCUT2D eigenvalue weighted by molar-refractivity contribution is 5.74. The molecule has 0 bridgehead atoms. The molecule has 1 unspecified atom stereocenters. The van der Waals surface area contributed by atoms with E-state index in [4.69, 9.17) is 4.42 Å². The van der Waals surface area contributed by atoms with Crippen LogP contribution in [0.25, 0.3) is 11.2 Å². The maximum absolute atomic E-state index is 12.7. The Balaban J connectivity index is 1.53. The lowest BCUT2D eigenvalue weighted by molar-refractivity contribution is 0.165. The van der Waals surface area contributed by atoms with E-state index >= 15 is 0 Å². The van der Waals surface area contributed by atoms with Crippen LogP contribution in [0, 0.1) is 0 Å². The number of aromatic nitrogens is 4. The first-order valence-electron chi connectivity index (χ1n) is 8.57. The van der Waals surface area contributed by atoms with Crippen LogP contribution in [-0.4, -0.2) is 43.1 Å². The number of aryl methyl sites for hydroxylation is 1. The van der Waals surface area contributed by atoms with Crippen molar-refractivity contribution >= 4 is 17.2 Å². The quantitative estimate of drug-likeness (QED) is 0.762. The van der Waals surface area contributed by atoms with Gasteiger partial charge in [-0.2, -0.15) is 0 Å². The molecule has 26 heavy (non-hydrogen) atoms. The standard InChI is InChI=1S/C17H20N6O3/c1-21-14-9-18-11-20-15(14)23(17(21)25)12-4-2-6-22(10-12)16(24)19-8-13-5-3-7-26-13/h3,5,7,9,11-12H,2,4,6,8,10H2,1H3,(H,19,24). The highest BCUT2D eigenvalue weighted by atomic mass is 16.3. The van der Waals surface area contributed by atoms with Gasteiger partial charge in [-0.3, -0.25) is 9.13 Å². The van der Waals surface area contributed by atoms with Crippen molar-refractivity contribution in [3.63, 3.8) is 0 Å². The Hall–Kier alpha value is -3.10. The Bertz CT molecular complexity index is 974. The van der Waals surface area contributed by atoms with E-state index < -0.39 is 0 Å². The predicted octanol–water partition coefficient (Wildman–Crippen LogP) is 1.27. The largest absolute Gasteiger partial charge is 0.467 e. The normalized spacial score (nSPS) is 17.6. The van der Waals surface area contributed by atoms with Crippen LogP contribution in [0.4, 0.5) is 4.79 Å². The monoisotopic (exact) mass is 356 g/mol. The number of nitrogens with zero attached hydrogens (tertiary/aromatic N) is 5. The molecule has 0 aromatic carbocycles. The molecule has 0 spiro atoms. The minimum atomic E-state index is -0.158. The van der Waals surface area contributed by atoms with Gasteiger partial charge < -0.3 is 14.6 Å². The van der Waals surface area contributed by atoms with Crippen LogP contribution in [0.2, 0.25) is 0 Å². The van der Waals surface area contributed by atoms with E-state index in [1.54, 1.807) is 39.6 Å². The minimum Gasteiger partial charge on any atom is -0.467 e. The summed E-state index contributed by atoms with van der Waals surface area (Å²) in [5, 5.41) is 2.86. The molecule has 4 heterocycles. The number of rotatable bonds is 3. The summed E-state index contributed by atoms with van der Waals surface area (Å²) >= 11 is 0. The number of carbonyl (C=O) groups excluding carboxylic acids is 1. The molecule has 9 nitrogen and oxygen atoms in total. The zero-order valence-corrected chi connectivity index (χ0v) is 14.5. The van der Waals surface area contributed by atoms with Gasteiger partial charge in [0.2, 0.25) is 0 Å². The fourth-order valence-corrected chi connectivity index (χ4v) is 3.46. The summed E-state index contributed by atoms with van der Waals surface area (Å²) in [6.45, 7) is 1.47. The molecule has 4 rings (SSSR count). The number of piperidine rings is 1. The summed E-state index contributed by atoms with van der Waals surface area (Å²) in [7, 11) is 1.71. The zero-order valence-electron chi connectivity index (χ0n) is 14.5. The van der Waals surface area contributed by atoms with Crippen molar-refractivity contribution in [1.82, 2.24) is 29.3 Å². The van der Waals surface area contributed by atoms with Gasteiger partial charge in [-0.15, -0.1) is 0 Å². The molecule has 1 aliphatic rings. The molecule has 0 aliphatic carbocycles. The average Bonchev–Trinajstić information content (AvgIpc) is 3.27. The first-order valence-corrected chi connectivity index (χ1v) is 8.57. The van der Waals surface area contributed by atoms with Gasteiger partial charge in [-0.1, -0.05) is 0 Å². The van der Waals surface area contributed by atoms with Crippen LogP contribution in [-0.2, 0) is 13.6 Å². The van der Waals surface area contributed by atoms with E-state index in [9.17, 15) is 9.59 Å². The van der Waals surface area contributed by atoms with Gasteiger partial charge in [0.05, 0.1) is 25.0 Å². The number of carbonyl (C=O) groups is 1. The molecule has 9 heteroatoms. The van der Waals surface area contributed by atoms with E-state index in [1.807, 2.05) is 6.07 Å². The van der Waals surface area contributed by atoms with Gasteiger partial charge in [0, 0.05) is 20.1 Å². The summed E-state index contributed by atoms with van der Waals surface area (Å²) < 4.78 is 8.46. The molecular formula is C17H20N6O3. The molecule has 3 aromatic rings. The summed E-state index contributed by atoms with van der Waals surface area (Å²) in [6, 6.07) is 3.33. The zero-order chi connectivity index (χ0) is 18.1. The van der Waals surface area contributed by atoms with Crippen molar-refractivity contribution in [3.05, 3.63) is 47.2 Å². The number of fused-ring (bicyclic) bond motifs is 1. The maximum Gasteiger partial charge on any atom is 0.330 e. The van der Waals surface area contributed by atoms with Gasteiger partial charge in [0.15, 0.2) is 5.65 Å². The maximum atomic E-state index is 12.7. The third kappa shape index (κ3) is 2.85. The van der Waals surface area contributed by atoms with Gasteiger partial charge >= 0.3 is 11.7 Å². The fourth-order valence-electron chi connectivity index (χ4n) is 3.46. The summed E-state index contributed by atoms with van der Waals surface area (Å²) in [6.07, 6.45) is 6.30. The topological polar surface area (TPSA) is 98.2 Å². The van der Waals surface area contributed by atoms with Gasteiger partial charge in [0.1, 0.15) is 17.6 Å². The number of likely N-dealkylation sites (tertiary alicyclic amines) is 1. The predicted molar refractivity (Wildman–Crippen MR) is 93.6 cm³/mol. The van der Waals surface area contributed by atoms with Gasteiger partial charge in [-0.05, 0) is 25.0 Å².